The molecule has 0 aliphatic rings. The largest absolute Gasteiger partial charge is 0.507 e. The minimum Gasteiger partial charge on any atom is -0.507 e. The zero-order valence-corrected chi connectivity index (χ0v) is 12.0. The molecule has 2 rings (SSSR count). The first-order chi connectivity index (χ1) is 8.52. The second-order valence-electron chi connectivity index (χ2n) is 4.36. The maximum Gasteiger partial charge on any atom is 0.131 e. The number of hydrogen-bond acceptors (Lipinski definition) is 3. The van der Waals surface area contributed by atoms with Crippen molar-refractivity contribution in [1.82, 2.24) is 4.98 Å². The molecule has 94 valence electrons. The Morgan fingerprint density at radius 3 is 2.78 bits per heavy atom. The first-order valence-electron chi connectivity index (χ1n) is 5.90. The van der Waals surface area contributed by atoms with Crippen LogP contribution in [0.1, 0.15) is 31.0 Å². The number of aromatic nitrogens is 1. The van der Waals surface area contributed by atoms with Crippen LogP contribution in [0.3, 0.4) is 0 Å². The van der Waals surface area contributed by atoms with Crippen molar-refractivity contribution in [2.45, 2.75) is 26.7 Å². The molecule has 18 heavy (non-hydrogen) atoms. The quantitative estimate of drug-likeness (QED) is 0.836. The van der Waals surface area contributed by atoms with Crippen LogP contribution in [0.5, 0.6) is 5.75 Å². The average molecular weight is 307 g/mol. The molecule has 1 aromatic carbocycles. The molecule has 0 saturated carbocycles. The van der Waals surface area contributed by atoms with Gasteiger partial charge in [-0.05, 0) is 41.4 Å². The third-order valence-electron chi connectivity index (χ3n) is 2.83. The molecule has 0 aliphatic carbocycles. The fraction of sp³-hybridized carbons (Fsp3) is 0.286. The molecule has 0 amide bonds. The van der Waals surface area contributed by atoms with E-state index < -0.39 is 0 Å². The topological polar surface area (TPSA) is 57.0 Å². The fourth-order valence-corrected chi connectivity index (χ4v) is 2.35. The number of benzene rings is 1. The molecular weight excluding hydrogens is 292 g/mol. The zero-order valence-electron chi connectivity index (χ0n) is 10.4. The molecule has 2 N–H and O–H groups in total. The lowest BCUT2D eigenvalue weighted by Crippen LogP contribution is -2.01. The van der Waals surface area contributed by atoms with E-state index in [0.717, 1.165) is 35.0 Å². The van der Waals surface area contributed by atoms with Gasteiger partial charge in [0.25, 0.3) is 0 Å². The van der Waals surface area contributed by atoms with E-state index in [-0.39, 0.29) is 5.75 Å². The number of nitrogens with zero attached hydrogens (tertiary/aromatic N) is 1. The first kappa shape index (κ1) is 13.0. The van der Waals surface area contributed by atoms with Gasteiger partial charge >= 0.3 is 0 Å². The van der Waals surface area contributed by atoms with Crippen LogP contribution < -0.4 is 0 Å². The van der Waals surface area contributed by atoms with Gasteiger partial charge in [0.1, 0.15) is 5.75 Å². The van der Waals surface area contributed by atoms with Gasteiger partial charge < -0.3 is 10.5 Å². The number of rotatable bonds is 3. The first-order valence-corrected chi connectivity index (χ1v) is 6.70. The second kappa shape index (κ2) is 5.06. The normalized spacial score (nSPS) is 10.8. The Bertz CT molecular complexity index is 623. The maximum absolute atomic E-state index is 9.70. The molecule has 4 heteroatoms. The molecule has 3 nitrogen and oxygen atoms in total. The average Bonchev–Trinajstić information content (AvgIpc) is 2.30. The number of fused-ring (bicyclic) bond motifs is 1. The van der Waals surface area contributed by atoms with Gasteiger partial charge in [-0.25, -0.2) is 0 Å². The summed E-state index contributed by atoms with van der Waals surface area (Å²) in [6, 6.07) is 5.40. The Morgan fingerprint density at radius 2 is 2.11 bits per heavy atom. The molecule has 2 aromatic rings. The number of aryl methyl sites for hydroxylation is 1. The summed E-state index contributed by atoms with van der Waals surface area (Å²) in [7, 11) is 0. The van der Waals surface area contributed by atoms with Crippen LogP contribution in [0, 0.1) is 12.3 Å². The summed E-state index contributed by atoms with van der Waals surface area (Å²) >= 11 is 3.31. The smallest absolute Gasteiger partial charge is 0.131 e. The lowest BCUT2D eigenvalue weighted by molar-refractivity contribution is 0.472. The van der Waals surface area contributed by atoms with E-state index in [4.69, 9.17) is 5.41 Å². The van der Waals surface area contributed by atoms with E-state index in [1.807, 2.05) is 19.1 Å². The van der Waals surface area contributed by atoms with Crippen molar-refractivity contribution >= 4 is 32.5 Å². The number of aromatic hydroxyl groups is 1. The van der Waals surface area contributed by atoms with Gasteiger partial charge in [-0.3, -0.25) is 4.98 Å². The lowest BCUT2D eigenvalue weighted by atomic mass is 10.0. The number of hydrogen-bond donors (Lipinski definition) is 2. The van der Waals surface area contributed by atoms with Gasteiger partial charge in [0.15, 0.2) is 0 Å². The highest BCUT2D eigenvalue weighted by Gasteiger charge is 2.11. The minimum absolute atomic E-state index is 0.175. The Hall–Kier alpha value is -1.42. The number of pyridine rings is 1. The molecule has 0 atom stereocenters. The van der Waals surface area contributed by atoms with Gasteiger partial charge in [0.05, 0.1) is 9.99 Å². The molecule has 0 aliphatic heterocycles. The van der Waals surface area contributed by atoms with Crippen LogP contribution in [-0.4, -0.2) is 15.8 Å². The summed E-state index contributed by atoms with van der Waals surface area (Å²) in [6.45, 7) is 3.97. The Labute approximate surface area is 115 Å². The highest BCUT2D eigenvalue weighted by molar-refractivity contribution is 9.10. The molecule has 0 spiro atoms. The molecular formula is C14H15BrN2O. The van der Waals surface area contributed by atoms with E-state index in [0.29, 0.717) is 10.2 Å². The molecule has 0 radical (unpaired) electrons. The summed E-state index contributed by atoms with van der Waals surface area (Å²) < 4.78 is 0.631. The number of nitrogens with one attached hydrogen (secondary N) is 1. The third-order valence-corrected chi connectivity index (χ3v) is 3.47. The van der Waals surface area contributed by atoms with Gasteiger partial charge in [0, 0.05) is 28.4 Å². The zero-order chi connectivity index (χ0) is 13.3. The number of phenols is 1. The summed E-state index contributed by atoms with van der Waals surface area (Å²) in [4.78, 5) is 4.40. The molecule has 0 fully saturated rings. The van der Waals surface area contributed by atoms with E-state index in [1.165, 1.54) is 0 Å². The molecule has 0 unspecified atom stereocenters. The van der Waals surface area contributed by atoms with Crippen LogP contribution in [0.15, 0.2) is 22.7 Å². The number of halogens is 1. The van der Waals surface area contributed by atoms with Crippen molar-refractivity contribution in [3.8, 4) is 5.75 Å². The Balaban J connectivity index is 2.71. The Kier molecular flexibility index (Phi) is 3.66. The standard InChI is InChI=1S/C14H15BrN2O/c1-3-4-12(16)9-5-8(2)17-13-7-14(18)11(15)6-10(9)13/h5-7,16,18H,3-4H2,1-2H3. The maximum atomic E-state index is 9.70. The predicted molar refractivity (Wildman–Crippen MR) is 77.6 cm³/mol. The predicted octanol–water partition coefficient (Wildman–Crippen LogP) is 4.18. The van der Waals surface area contributed by atoms with Crippen molar-refractivity contribution in [1.29, 1.82) is 5.41 Å². The highest BCUT2D eigenvalue weighted by atomic mass is 79.9. The van der Waals surface area contributed by atoms with Gasteiger partial charge in [-0.2, -0.15) is 0 Å². The SMILES string of the molecule is CCCC(=N)c1cc(C)nc2cc(O)c(Br)cc12. The fourth-order valence-electron chi connectivity index (χ4n) is 2.00. The van der Waals surface area contributed by atoms with Crippen molar-refractivity contribution in [2.24, 2.45) is 0 Å². The van der Waals surface area contributed by atoms with Crippen molar-refractivity contribution in [3.63, 3.8) is 0 Å². The van der Waals surface area contributed by atoms with E-state index in [2.05, 4.69) is 27.8 Å². The highest BCUT2D eigenvalue weighted by Crippen LogP contribution is 2.31. The molecule has 0 saturated heterocycles. The van der Waals surface area contributed by atoms with Crippen LogP contribution in [0.4, 0.5) is 0 Å². The summed E-state index contributed by atoms with van der Waals surface area (Å²) in [6.07, 6.45) is 1.69. The van der Waals surface area contributed by atoms with E-state index in [9.17, 15) is 5.11 Å². The molecule has 1 heterocycles. The van der Waals surface area contributed by atoms with Gasteiger partial charge in [-0.1, -0.05) is 13.3 Å². The van der Waals surface area contributed by atoms with Crippen LogP contribution >= 0.6 is 15.9 Å². The lowest BCUT2D eigenvalue weighted by Gasteiger charge is -2.10. The second-order valence-corrected chi connectivity index (χ2v) is 5.21. The molecule has 1 aromatic heterocycles. The monoisotopic (exact) mass is 306 g/mol. The summed E-state index contributed by atoms with van der Waals surface area (Å²) in [5, 5.41) is 18.7. The third kappa shape index (κ3) is 2.38. The summed E-state index contributed by atoms with van der Waals surface area (Å²) in [5.74, 6) is 0.175. The van der Waals surface area contributed by atoms with Crippen molar-refractivity contribution < 1.29 is 5.11 Å². The minimum atomic E-state index is 0.175. The van der Waals surface area contributed by atoms with Crippen molar-refractivity contribution in [3.05, 3.63) is 33.9 Å². The molecule has 0 bridgehead atoms. The van der Waals surface area contributed by atoms with E-state index >= 15 is 0 Å². The summed E-state index contributed by atoms with van der Waals surface area (Å²) in [5.41, 5.74) is 3.11. The Morgan fingerprint density at radius 1 is 1.39 bits per heavy atom. The number of phenolic OH excluding ortho intramolecular Hbond substituents is 1. The van der Waals surface area contributed by atoms with Crippen molar-refractivity contribution in [2.75, 3.05) is 0 Å². The van der Waals surface area contributed by atoms with Crippen LogP contribution in [0.2, 0.25) is 0 Å². The van der Waals surface area contributed by atoms with E-state index in [1.54, 1.807) is 6.07 Å². The van der Waals surface area contributed by atoms with Crippen LogP contribution in [0.25, 0.3) is 10.9 Å². The van der Waals surface area contributed by atoms with Gasteiger partial charge in [0.2, 0.25) is 0 Å². The van der Waals surface area contributed by atoms with Gasteiger partial charge in [-0.15, -0.1) is 0 Å². The van der Waals surface area contributed by atoms with Crippen LogP contribution in [-0.2, 0) is 0 Å².